The molecule has 5 heteroatoms. The molecule has 0 bridgehead atoms. The van der Waals surface area contributed by atoms with Crippen LogP contribution in [0, 0.1) is 12.8 Å². The Kier molecular flexibility index (Phi) is 4.46. The van der Waals surface area contributed by atoms with E-state index in [4.69, 9.17) is 9.15 Å². The first kappa shape index (κ1) is 15.3. The highest BCUT2D eigenvalue weighted by atomic mass is 16.5. The molecule has 0 radical (unpaired) electrons. The summed E-state index contributed by atoms with van der Waals surface area (Å²) in [6.07, 6.45) is 0.414. The molecule has 5 nitrogen and oxygen atoms in total. The van der Waals surface area contributed by atoms with E-state index in [1.54, 1.807) is 19.1 Å². The van der Waals surface area contributed by atoms with E-state index >= 15 is 0 Å². The third kappa shape index (κ3) is 3.80. The number of rotatable bonds is 5. The number of carbonyl (C=O) groups is 2. The molecule has 1 saturated heterocycles. The third-order valence-corrected chi connectivity index (χ3v) is 3.90. The minimum Gasteiger partial charge on any atom is -0.459 e. The summed E-state index contributed by atoms with van der Waals surface area (Å²) in [6.45, 7) is 3.21. The van der Waals surface area contributed by atoms with Gasteiger partial charge in [-0.15, -0.1) is 0 Å². The topological polar surface area (TPSA) is 59.8 Å². The van der Waals surface area contributed by atoms with E-state index in [0.29, 0.717) is 25.3 Å². The molecule has 1 amide bonds. The van der Waals surface area contributed by atoms with Gasteiger partial charge < -0.3 is 14.1 Å². The van der Waals surface area contributed by atoms with Crippen LogP contribution in [0.4, 0.5) is 0 Å². The summed E-state index contributed by atoms with van der Waals surface area (Å²) >= 11 is 0. The molecule has 1 unspecified atom stereocenters. The van der Waals surface area contributed by atoms with E-state index in [9.17, 15) is 9.59 Å². The van der Waals surface area contributed by atoms with Gasteiger partial charge in [-0.25, -0.2) is 4.79 Å². The number of esters is 1. The molecule has 3 rings (SSSR count). The first-order chi connectivity index (χ1) is 11.1. The fraction of sp³-hybridized carbons (Fsp3) is 0.333. The highest BCUT2D eigenvalue weighted by molar-refractivity contribution is 5.86. The van der Waals surface area contributed by atoms with Crippen molar-refractivity contribution in [2.45, 2.75) is 19.9 Å². The monoisotopic (exact) mass is 313 g/mol. The van der Waals surface area contributed by atoms with Crippen molar-refractivity contribution in [1.29, 1.82) is 0 Å². The molecule has 1 aliphatic heterocycles. The minimum atomic E-state index is -0.480. The number of likely N-dealkylation sites (tertiary alicyclic amines) is 1. The van der Waals surface area contributed by atoms with E-state index in [1.807, 2.05) is 35.2 Å². The van der Waals surface area contributed by atoms with Crippen LogP contribution in [-0.2, 0) is 16.1 Å². The Labute approximate surface area is 134 Å². The van der Waals surface area contributed by atoms with Crippen molar-refractivity contribution in [3.05, 3.63) is 59.5 Å². The van der Waals surface area contributed by atoms with Gasteiger partial charge in [-0.05, 0) is 24.6 Å². The highest BCUT2D eigenvalue weighted by Crippen LogP contribution is 2.21. The normalized spacial score (nSPS) is 17.5. The summed E-state index contributed by atoms with van der Waals surface area (Å²) < 4.78 is 10.5. The Morgan fingerprint density at radius 3 is 2.74 bits per heavy atom. The van der Waals surface area contributed by atoms with Crippen LogP contribution in [0.1, 0.15) is 28.3 Å². The highest BCUT2D eigenvalue weighted by Gasteiger charge is 2.30. The molecular weight excluding hydrogens is 294 g/mol. The van der Waals surface area contributed by atoms with Gasteiger partial charge in [0.05, 0.1) is 6.61 Å². The van der Waals surface area contributed by atoms with Crippen LogP contribution in [0.2, 0.25) is 0 Å². The second kappa shape index (κ2) is 6.69. The van der Waals surface area contributed by atoms with Crippen LogP contribution >= 0.6 is 0 Å². The maximum atomic E-state index is 12.1. The third-order valence-electron chi connectivity index (χ3n) is 3.90. The zero-order valence-electron chi connectivity index (χ0n) is 13.0. The Bertz CT molecular complexity index is 692. The van der Waals surface area contributed by atoms with Crippen molar-refractivity contribution >= 4 is 11.9 Å². The number of benzene rings is 1. The maximum absolute atomic E-state index is 12.1. The molecule has 120 valence electrons. The lowest BCUT2D eigenvalue weighted by Gasteiger charge is -2.16. The van der Waals surface area contributed by atoms with E-state index < -0.39 is 5.97 Å². The van der Waals surface area contributed by atoms with Gasteiger partial charge in [-0.2, -0.15) is 0 Å². The lowest BCUT2D eigenvalue weighted by Crippen LogP contribution is -2.25. The second-order valence-electron chi connectivity index (χ2n) is 5.84. The molecule has 1 atom stereocenters. The van der Waals surface area contributed by atoms with E-state index in [-0.39, 0.29) is 24.2 Å². The molecule has 1 aliphatic rings. The minimum absolute atomic E-state index is 0.0335. The first-order valence-corrected chi connectivity index (χ1v) is 7.67. The molecule has 1 aromatic heterocycles. The number of amides is 1. The summed E-state index contributed by atoms with van der Waals surface area (Å²) in [4.78, 5) is 25.7. The standard InChI is InChI=1S/C18H19NO4/c1-13-7-8-16(23-13)18(21)22-12-15-9-17(20)19(11-15)10-14-5-3-2-4-6-14/h2-8,15H,9-12H2,1H3. The first-order valence-electron chi connectivity index (χ1n) is 7.67. The van der Waals surface area contributed by atoms with Crippen LogP contribution < -0.4 is 0 Å². The van der Waals surface area contributed by atoms with Gasteiger partial charge >= 0.3 is 5.97 Å². The Hall–Kier alpha value is -2.56. The summed E-state index contributed by atoms with van der Waals surface area (Å²) in [7, 11) is 0. The van der Waals surface area contributed by atoms with Gasteiger partial charge in [0.15, 0.2) is 0 Å². The van der Waals surface area contributed by atoms with Gasteiger partial charge in [0.25, 0.3) is 0 Å². The van der Waals surface area contributed by atoms with Crippen LogP contribution in [0.5, 0.6) is 0 Å². The van der Waals surface area contributed by atoms with Gasteiger partial charge in [-0.1, -0.05) is 30.3 Å². The summed E-state index contributed by atoms with van der Waals surface area (Å²) in [5, 5.41) is 0. The molecular formula is C18H19NO4. The smallest absolute Gasteiger partial charge is 0.374 e. The van der Waals surface area contributed by atoms with Gasteiger partial charge in [-0.3, -0.25) is 4.79 Å². The Balaban J connectivity index is 1.50. The molecule has 2 aromatic rings. The van der Waals surface area contributed by atoms with E-state index in [0.717, 1.165) is 5.56 Å². The molecule has 1 fully saturated rings. The van der Waals surface area contributed by atoms with Crippen molar-refractivity contribution in [2.24, 2.45) is 5.92 Å². The van der Waals surface area contributed by atoms with Crippen molar-refractivity contribution in [2.75, 3.05) is 13.2 Å². The summed E-state index contributed by atoms with van der Waals surface area (Å²) in [6, 6.07) is 13.2. The van der Waals surface area contributed by atoms with Crippen LogP contribution in [0.15, 0.2) is 46.9 Å². The lowest BCUT2D eigenvalue weighted by atomic mass is 10.1. The number of aryl methyl sites for hydroxylation is 1. The van der Waals surface area contributed by atoms with E-state index in [2.05, 4.69) is 0 Å². The largest absolute Gasteiger partial charge is 0.459 e. The van der Waals surface area contributed by atoms with Crippen LogP contribution in [-0.4, -0.2) is 29.9 Å². The Morgan fingerprint density at radius 2 is 2.04 bits per heavy atom. The molecule has 0 spiro atoms. The molecule has 1 aromatic carbocycles. The second-order valence-corrected chi connectivity index (χ2v) is 5.84. The number of hydrogen-bond acceptors (Lipinski definition) is 4. The van der Waals surface area contributed by atoms with Gasteiger partial charge in [0, 0.05) is 25.4 Å². The van der Waals surface area contributed by atoms with Gasteiger partial charge in [0.1, 0.15) is 5.76 Å². The molecule has 0 aliphatic carbocycles. The van der Waals surface area contributed by atoms with Gasteiger partial charge in [0.2, 0.25) is 11.7 Å². The van der Waals surface area contributed by atoms with Crippen molar-refractivity contribution in [3.8, 4) is 0 Å². The van der Waals surface area contributed by atoms with Crippen LogP contribution in [0.3, 0.4) is 0 Å². The number of ether oxygens (including phenoxy) is 1. The number of nitrogens with zero attached hydrogens (tertiary/aromatic N) is 1. The SMILES string of the molecule is Cc1ccc(C(=O)OCC2CC(=O)N(Cc3ccccc3)C2)o1. The predicted molar refractivity (Wildman–Crippen MR) is 83.7 cm³/mol. The quantitative estimate of drug-likeness (QED) is 0.796. The van der Waals surface area contributed by atoms with E-state index in [1.165, 1.54) is 0 Å². The van der Waals surface area contributed by atoms with Crippen molar-refractivity contribution in [1.82, 2.24) is 4.90 Å². The number of furan rings is 1. The molecule has 2 heterocycles. The predicted octanol–water partition coefficient (Wildman–Crippen LogP) is 2.79. The molecule has 0 N–H and O–H groups in total. The Morgan fingerprint density at radius 1 is 1.26 bits per heavy atom. The zero-order chi connectivity index (χ0) is 16.2. The summed E-state index contributed by atoms with van der Waals surface area (Å²) in [5.74, 6) is 0.525. The fourth-order valence-electron chi connectivity index (χ4n) is 2.73. The molecule has 23 heavy (non-hydrogen) atoms. The summed E-state index contributed by atoms with van der Waals surface area (Å²) in [5.41, 5.74) is 1.10. The van der Waals surface area contributed by atoms with Crippen molar-refractivity contribution < 1.29 is 18.7 Å². The number of hydrogen-bond donors (Lipinski definition) is 0. The maximum Gasteiger partial charge on any atom is 0.374 e. The van der Waals surface area contributed by atoms with Crippen molar-refractivity contribution in [3.63, 3.8) is 0 Å². The lowest BCUT2D eigenvalue weighted by molar-refractivity contribution is -0.128. The average molecular weight is 313 g/mol. The number of carbonyl (C=O) groups excluding carboxylic acids is 2. The average Bonchev–Trinajstić information content (AvgIpc) is 3.13. The molecule has 0 saturated carbocycles. The fourth-order valence-corrected chi connectivity index (χ4v) is 2.73. The zero-order valence-corrected chi connectivity index (χ0v) is 13.0. The van der Waals surface area contributed by atoms with Crippen LogP contribution in [0.25, 0.3) is 0 Å².